The Hall–Kier alpha value is -2.46. The standard InChI is InChI=1S/C19H20F3N3O3S/c1-13-4-3-9-23-17(13)18(26)25-11-10-24(12-14(25)2)29(27,28)16-7-5-15(6-8-16)19(20,21)22/h3-9,14H,10-12H2,1-2H3/t14-/m0/s1. The maximum Gasteiger partial charge on any atom is 0.416 e. The van der Waals surface area contributed by atoms with Gasteiger partial charge in [0.25, 0.3) is 5.91 Å². The highest BCUT2D eigenvalue weighted by Crippen LogP contribution is 2.30. The first kappa shape index (κ1) is 21.3. The fourth-order valence-electron chi connectivity index (χ4n) is 3.25. The van der Waals surface area contributed by atoms with E-state index < -0.39 is 27.8 Å². The molecule has 29 heavy (non-hydrogen) atoms. The molecule has 3 rings (SSSR count). The van der Waals surface area contributed by atoms with Crippen LogP contribution in [0.2, 0.25) is 0 Å². The molecule has 0 saturated carbocycles. The topological polar surface area (TPSA) is 70.6 Å². The van der Waals surface area contributed by atoms with Gasteiger partial charge in [0.2, 0.25) is 10.0 Å². The zero-order valence-corrected chi connectivity index (χ0v) is 16.7. The summed E-state index contributed by atoms with van der Waals surface area (Å²) in [6.07, 6.45) is -3.01. The number of aromatic nitrogens is 1. The van der Waals surface area contributed by atoms with Crippen molar-refractivity contribution in [1.82, 2.24) is 14.2 Å². The highest BCUT2D eigenvalue weighted by Gasteiger charge is 2.36. The van der Waals surface area contributed by atoms with Gasteiger partial charge in [0.05, 0.1) is 10.5 Å². The predicted molar refractivity (Wildman–Crippen MR) is 99.7 cm³/mol. The van der Waals surface area contributed by atoms with E-state index in [2.05, 4.69) is 4.98 Å². The summed E-state index contributed by atoms with van der Waals surface area (Å²) in [6, 6.07) is 6.50. The maximum absolute atomic E-state index is 12.8. The molecule has 0 radical (unpaired) electrons. The smallest absolute Gasteiger partial charge is 0.332 e. The molecule has 1 fully saturated rings. The Morgan fingerprint density at radius 3 is 2.34 bits per heavy atom. The molecule has 0 aliphatic carbocycles. The summed E-state index contributed by atoms with van der Waals surface area (Å²) >= 11 is 0. The van der Waals surface area contributed by atoms with Gasteiger partial charge in [-0.15, -0.1) is 0 Å². The van der Waals surface area contributed by atoms with Crippen molar-refractivity contribution in [2.24, 2.45) is 0 Å². The molecule has 2 heterocycles. The van der Waals surface area contributed by atoms with Crippen molar-refractivity contribution >= 4 is 15.9 Å². The SMILES string of the molecule is Cc1cccnc1C(=O)N1CCN(S(=O)(=O)c2ccc(C(F)(F)F)cc2)C[C@@H]1C. The summed E-state index contributed by atoms with van der Waals surface area (Å²) in [5, 5.41) is 0. The minimum atomic E-state index is -4.54. The Morgan fingerprint density at radius 2 is 1.79 bits per heavy atom. The summed E-state index contributed by atoms with van der Waals surface area (Å²) in [4.78, 5) is 18.2. The fourth-order valence-corrected chi connectivity index (χ4v) is 4.77. The van der Waals surface area contributed by atoms with E-state index >= 15 is 0 Å². The van der Waals surface area contributed by atoms with Crippen molar-refractivity contribution < 1.29 is 26.4 Å². The van der Waals surface area contributed by atoms with Gasteiger partial charge in [-0.3, -0.25) is 9.78 Å². The Balaban J connectivity index is 1.76. The molecule has 0 bridgehead atoms. The number of rotatable bonds is 3. The van der Waals surface area contributed by atoms with Crippen molar-refractivity contribution in [1.29, 1.82) is 0 Å². The van der Waals surface area contributed by atoms with Crippen LogP contribution in [0.15, 0.2) is 47.5 Å². The van der Waals surface area contributed by atoms with Crippen LogP contribution in [-0.4, -0.2) is 54.2 Å². The number of sulfonamides is 1. The van der Waals surface area contributed by atoms with Crippen LogP contribution in [0.3, 0.4) is 0 Å². The van der Waals surface area contributed by atoms with E-state index in [1.54, 1.807) is 30.9 Å². The zero-order valence-electron chi connectivity index (χ0n) is 15.8. The van der Waals surface area contributed by atoms with Crippen LogP contribution in [0, 0.1) is 6.92 Å². The largest absolute Gasteiger partial charge is 0.416 e. The number of pyridine rings is 1. The number of benzene rings is 1. The summed E-state index contributed by atoms with van der Waals surface area (Å²) in [5.74, 6) is -0.276. The van der Waals surface area contributed by atoms with Crippen LogP contribution >= 0.6 is 0 Å². The summed E-state index contributed by atoms with van der Waals surface area (Å²) in [6.45, 7) is 3.75. The molecule has 1 aliphatic rings. The number of amides is 1. The molecule has 0 spiro atoms. The van der Waals surface area contributed by atoms with E-state index in [9.17, 15) is 26.4 Å². The van der Waals surface area contributed by atoms with E-state index in [0.717, 1.165) is 29.8 Å². The van der Waals surface area contributed by atoms with Gasteiger partial charge in [0.1, 0.15) is 5.69 Å². The Morgan fingerprint density at radius 1 is 1.14 bits per heavy atom. The third-order valence-corrected chi connectivity index (χ3v) is 6.76. The van der Waals surface area contributed by atoms with Crippen LogP contribution < -0.4 is 0 Å². The molecule has 0 unspecified atom stereocenters. The van der Waals surface area contributed by atoms with Gasteiger partial charge in [-0.25, -0.2) is 8.42 Å². The lowest BCUT2D eigenvalue weighted by atomic mass is 10.1. The minimum Gasteiger partial charge on any atom is -0.332 e. The van der Waals surface area contributed by atoms with Gasteiger partial charge in [0.15, 0.2) is 0 Å². The molecule has 2 aromatic rings. The van der Waals surface area contributed by atoms with Gasteiger partial charge in [-0.1, -0.05) is 6.07 Å². The molecule has 1 saturated heterocycles. The van der Waals surface area contributed by atoms with Crippen molar-refractivity contribution in [3.8, 4) is 0 Å². The number of carbonyl (C=O) groups excluding carboxylic acids is 1. The number of aryl methyl sites for hydroxylation is 1. The van der Waals surface area contributed by atoms with Crippen molar-refractivity contribution in [2.75, 3.05) is 19.6 Å². The number of piperazine rings is 1. The Kier molecular flexibility index (Phi) is 5.68. The lowest BCUT2D eigenvalue weighted by Gasteiger charge is -2.39. The molecular weight excluding hydrogens is 407 g/mol. The Labute approximate surface area is 167 Å². The highest BCUT2D eigenvalue weighted by atomic mass is 32.2. The highest BCUT2D eigenvalue weighted by molar-refractivity contribution is 7.89. The van der Waals surface area contributed by atoms with E-state index in [-0.39, 0.29) is 30.4 Å². The molecule has 1 aliphatic heterocycles. The number of nitrogens with zero attached hydrogens (tertiary/aromatic N) is 3. The molecule has 156 valence electrons. The first-order valence-electron chi connectivity index (χ1n) is 8.92. The third kappa shape index (κ3) is 4.27. The minimum absolute atomic E-state index is 0.0426. The Bertz CT molecular complexity index is 1010. The lowest BCUT2D eigenvalue weighted by Crippen LogP contribution is -2.55. The van der Waals surface area contributed by atoms with Crippen LogP contribution in [-0.2, 0) is 16.2 Å². The van der Waals surface area contributed by atoms with E-state index in [1.807, 2.05) is 0 Å². The molecule has 1 aromatic carbocycles. The van der Waals surface area contributed by atoms with Gasteiger partial charge in [0, 0.05) is 31.9 Å². The molecule has 10 heteroatoms. The van der Waals surface area contributed by atoms with Gasteiger partial charge >= 0.3 is 6.18 Å². The van der Waals surface area contributed by atoms with Crippen LogP contribution in [0.5, 0.6) is 0 Å². The molecule has 1 amide bonds. The monoisotopic (exact) mass is 427 g/mol. The van der Waals surface area contributed by atoms with Crippen molar-refractivity contribution in [3.05, 3.63) is 59.4 Å². The van der Waals surface area contributed by atoms with Crippen LogP contribution in [0.1, 0.15) is 28.5 Å². The summed E-state index contributed by atoms with van der Waals surface area (Å²) < 4.78 is 65.0. The van der Waals surface area contributed by atoms with Crippen molar-refractivity contribution in [3.63, 3.8) is 0 Å². The zero-order chi connectivity index (χ0) is 21.4. The molecule has 6 nitrogen and oxygen atoms in total. The van der Waals surface area contributed by atoms with Crippen LogP contribution in [0.25, 0.3) is 0 Å². The second-order valence-corrected chi connectivity index (χ2v) is 8.84. The summed E-state index contributed by atoms with van der Waals surface area (Å²) in [5.41, 5.74) is 0.133. The van der Waals surface area contributed by atoms with Crippen LogP contribution in [0.4, 0.5) is 13.2 Å². The first-order valence-corrected chi connectivity index (χ1v) is 10.4. The quantitative estimate of drug-likeness (QED) is 0.755. The number of hydrogen-bond donors (Lipinski definition) is 0. The molecule has 0 N–H and O–H groups in total. The molecule has 1 atom stereocenters. The molecule has 1 aromatic heterocycles. The average Bonchev–Trinajstić information content (AvgIpc) is 2.67. The fraction of sp³-hybridized carbons (Fsp3) is 0.368. The van der Waals surface area contributed by atoms with E-state index in [4.69, 9.17) is 0 Å². The van der Waals surface area contributed by atoms with E-state index in [0.29, 0.717) is 5.69 Å². The van der Waals surface area contributed by atoms with Gasteiger partial charge in [-0.2, -0.15) is 17.5 Å². The maximum atomic E-state index is 12.8. The molecular formula is C19H20F3N3O3S. The van der Waals surface area contributed by atoms with Gasteiger partial charge in [-0.05, 0) is 49.7 Å². The summed E-state index contributed by atoms with van der Waals surface area (Å²) in [7, 11) is -3.97. The number of halogens is 3. The normalized spacial score (nSPS) is 18.7. The third-order valence-electron chi connectivity index (χ3n) is 4.88. The number of alkyl halides is 3. The number of hydrogen-bond acceptors (Lipinski definition) is 4. The first-order chi connectivity index (χ1) is 13.5. The second kappa shape index (κ2) is 7.75. The second-order valence-electron chi connectivity index (χ2n) is 6.90. The number of carbonyl (C=O) groups is 1. The lowest BCUT2D eigenvalue weighted by molar-refractivity contribution is -0.137. The van der Waals surface area contributed by atoms with E-state index in [1.165, 1.54) is 10.5 Å². The van der Waals surface area contributed by atoms with Crippen molar-refractivity contribution in [2.45, 2.75) is 31.0 Å². The van der Waals surface area contributed by atoms with Gasteiger partial charge < -0.3 is 4.90 Å². The predicted octanol–water partition coefficient (Wildman–Crippen LogP) is 2.94. The average molecular weight is 427 g/mol.